The lowest BCUT2D eigenvalue weighted by Crippen LogP contribution is -2.15. The monoisotopic (exact) mass is 185 g/mol. The van der Waals surface area contributed by atoms with E-state index in [2.05, 4.69) is 5.10 Å². The molecule has 0 saturated heterocycles. The zero-order valence-corrected chi connectivity index (χ0v) is 7.61. The van der Waals surface area contributed by atoms with Crippen molar-refractivity contribution in [3.05, 3.63) is 17.5 Å². The van der Waals surface area contributed by atoms with Gasteiger partial charge in [0.05, 0.1) is 5.69 Å². The van der Waals surface area contributed by atoms with Crippen LogP contribution in [0.1, 0.15) is 20.3 Å². The molecule has 1 heterocycles. The van der Waals surface area contributed by atoms with Crippen LogP contribution in [-0.4, -0.2) is 34.7 Å². The summed E-state index contributed by atoms with van der Waals surface area (Å²) >= 11 is 0. The van der Waals surface area contributed by atoms with Crippen LogP contribution in [-0.2, 0) is 13.5 Å². The summed E-state index contributed by atoms with van der Waals surface area (Å²) in [5, 5.41) is 3.85. The quantitative estimate of drug-likeness (QED) is 0.695. The Hall–Kier alpha value is -1.36. The van der Waals surface area contributed by atoms with Crippen molar-refractivity contribution >= 4 is 5.91 Å². The number of primary amides is 1. The second kappa shape index (κ2) is 3.57. The fourth-order valence-electron chi connectivity index (χ4n) is 1.01. The zero-order chi connectivity index (χ0) is 12.5. The third-order valence-corrected chi connectivity index (χ3v) is 1.49. The maximum atomic E-state index is 11.1. The summed E-state index contributed by atoms with van der Waals surface area (Å²) in [4.78, 5) is 12.9. The van der Waals surface area contributed by atoms with Crippen molar-refractivity contribution in [1.29, 1.82) is 0 Å². The van der Waals surface area contributed by atoms with Crippen LogP contribution in [0.2, 0.25) is 0 Å². The number of nitrogens with zero attached hydrogens (tertiary/aromatic N) is 3. The van der Waals surface area contributed by atoms with Crippen molar-refractivity contribution in [2.24, 2.45) is 12.7 Å². The van der Waals surface area contributed by atoms with Gasteiger partial charge in [0.2, 0.25) is 0 Å². The predicted octanol–water partition coefficient (Wildman–Crippen LogP) is -0.419. The van der Waals surface area contributed by atoms with Crippen molar-refractivity contribution in [2.75, 3.05) is 14.1 Å². The smallest absolute Gasteiger partial charge is 0.266 e. The maximum Gasteiger partial charge on any atom is 0.266 e. The molecule has 1 aromatic heterocycles. The van der Waals surface area contributed by atoms with E-state index in [0.29, 0.717) is 16.9 Å². The summed E-state index contributed by atoms with van der Waals surface area (Å²) in [6, 6.07) is 1.40. The van der Waals surface area contributed by atoms with Crippen molar-refractivity contribution in [2.45, 2.75) is 6.54 Å². The largest absolute Gasteiger partial charge is 0.364 e. The van der Waals surface area contributed by atoms with Crippen LogP contribution in [0.25, 0.3) is 0 Å². The number of carbonyl (C=O) groups is 1. The lowest BCUT2D eigenvalue weighted by Gasteiger charge is -2.04. The average Bonchev–Trinajstić information content (AvgIpc) is 2.45. The Balaban J connectivity index is 3.16. The van der Waals surface area contributed by atoms with Gasteiger partial charge in [-0.25, -0.2) is 0 Å². The Bertz CT molecular complexity index is 396. The minimum Gasteiger partial charge on any atom is -0.364 e. The standard InChI is InChI=1S/C8H14N4O/c1-11(2)5-6-4-7(8(9)13)12(3)10-6/h4H,5H2,1-3H3,(H2,9,13)/i3D3. The van der Waals surface area contributed by atoms with Crippen LogP contribution < -0.4 is 5.73 Å². The number of nitrogens with two attached hydrogens (primary N) is 1. The zero-order valence-electron chi connectivity index (χ0n) is 10.6. The number of aromatic nitrogens is 2. The van der Waals surface area contributed by atoms with E-state index in [1.165, 1.54) is 6.07 Å². The van der Waals surface area contributed by atoms with Crippen molar-refractivity contribution in [3.8, 4) is 0 Å². The van der Waals surface area contributed by atoms with Gasteiger partial charge in [-0.05, 0) is 20.2 Å². The second-order valence-electron chi connectivity index (χ2n) is 3.03. The maximum absolute atomic E-state index is 11.1. The molecule has 1 amide bonds. The highest BCUT2D eigenvalue weighted by atomic mass is 16.1. The Morgan fingerprint density at radius 3 is 2.92 bits per heavy atom. The van der Waals surface area contributed by atoms with Crippen molar-refractivity contribution in [3.63, 3.8) is 0 Å². The normalized spacial score (nSPS) is 15.2. The van der Waals surface area contributed by atoms with Gasteiger partial charge in [0.15, 0.2) is 0 Å². The molecular formula is C8H14N4O. The van der Waals surface area contributed by atoms with Crippen molar-refractivity contribution in [1.82, 2.24) is 14.7 Å². The first kappa shape index (κ1) is 6.15. The van der Waals surface area contributed by atoms with Gasteiger partial charge in [0, 0.05) is 17.6 Å². The minimum atomic E-state index is -2.49. The molecule has 0 aromatic carbocycles. The first-order valence-corrected chi connectivity index (χ1v) is 3.76. The van der Waals surface area contributed by atoms with Crippen LogP contribution in [0.3, 0.4) is 0 Å². The average molecular weight is 185 g/mol. The molecule has 0 aliphatic rings. The molecule has 0 atom stereocenters. The van der Waals surface area contributed by atoms with E-state index in [-0.39, 0.29) is 5.69 Å². The Kier molecular flexibility index (Phi) is 1.69. The summed E-state index contributed by atoms with van der Waals surface area (Å²) in [7, 11) is 3.64. The van der Waals surface area contributed by atoms with E-state index in [1.54, 1.807) is 0 Å². The summed E-state index contributed by atoms with van der Waals surface area (Å²) in [5.41, 5.74) is 5.49. The highest BCUT2D eigenvalue weighted by Gasteiger charge is 2.09. The van der Waals surface area contributed by atoms with E-state index in [4.69, 9.17) is 9.85 Å². The van der Waals surface area contributed by atoms with Gasteiger partial charge in [-0.15, -0.1) is 0 Å². The van der Waals surface area contributed by atoms with Gasteiger partial charge in [0.1, 0.15) is 5.69 Å². The number of rotatable bonds is 3. The van der Waals surface area contributed by atoms with Crippen LogP contribution in [0.4, 0.5) is 0 Å². The van der Waals surface area contributed by atoms with Gasteiger partial charge in [0.25, 0.3) is 5.91 Å². The van der Waals surface area contributed by atoms with Crippen molar-refractivity contribution < 1.29 is 8.91 Å². The molecule has 0 radical (unpaired) electrons. The van der Waals surface area contributed by atoms with E-state index in [0.717, 1.165) is 0 Å². The molecule has 1 aromatic rings. The molecule has 0 fully saturated rings. The van der Waals surface area contributed by atoms with E-state index in [9.17, 15) is 4.79 Å². The van der Waals surface area contributed by atoms with Gasteiger partial charge < -0.3 is 10.6 Å². The number of amides is 1. The Morgan fingerprint density at radius 2 is 2.54 bits per heavy atom. The minimum absolute atomic E-state index is 0.100. The molecule has 1 rings (SSSR count). The number of hydrogen-bond acceptors (Lipinski definition) is 3. The van der Waals surface area contributed by atoms with Gasteiger partial charge in [-0.2, -0.15) is 5.10 Å². The summed E-state index contributed by atoms with van der Waals surface area (Å²) in [5.74, 6) is -0.798. The molecule has 13 heavy (non-hydrogen) atoms. The molecule has 2 N–H and O–H groups in total. The molecule has 5 nitrogen and oxygen atoms in total. The molecule has 0 saturated carbocycles. The van der Waals surface area contributed by atoms with Crippen LogP contribution in [0.15, 0.2) is 6.07 Å². The highest BCUT2D eigenvalue weighted by molar-refractivity contribution is 5.91. The van der Waals surface area contributed by atoms with E-state index in [1.807, 2.05) is 19.0 Å². The molecule has 72 valence electrons. The fourth-order valence-corrected chi connectivity index (χ4v) is 1.01. The van der Waals surface area contributed by atoms with Gasteiger partial charge in [-0.3, -0.25) is 9.48 Å². The first-order chi connectivity index (χ1) is 7.21. The molecule has 0 unspecified atom stereocenters. The summed E-state index contributed by atoms with van der Waals surface area (Å²) < 4.78 is 22.3. The lowest BCUT2D eigenvalue weighted by atomic mass is 10.3. The topological polar surface area (TPSA) is 64.2 Å². The summed E-state index contributed by atoms with van der Waals surface area (Å²) in [6.07, 6.45) is 0. The number of hydrogen-bond donors (Lipinski definition) is 1. The molecule has 5 heteroatoms. The van der Waals surface area contributed by atoms with E-state index >= 15 is 0 Å². The van der Waals surface area contributed by atoms with Gasteiger partial charge >= 0.3 is 0 Å². The molecule has 0 aliphatic heterocycles. The molecule has 0 aliphatic carbocycles. The first-order valence-electron chi connectivity index (χ1n) is 5.26. The molecule has 0 bridgehead atoms. The molecular weight excluding hydrogens is 168 g/mol. The predicted molar refractivity (Wildman–Crippen MR) is 49.1 cm³/mol. The Labute approximate surface area is 81.3 Å². The highest BCUT2D eigenvalue weighted by Crippen LogP contribution is 2.03. The molecule has 0 spiro atoms. The third kappa shape index (κ3) is 2.29. The fraction of sp³-hybridized carbons (Fsp3) is 0.500. The van der Waals surface area contributed by atoms with E-state index < -0.39 is 12.9 Å². The van der Waals surface area contributed by atoms with Crippen LogP contribution in [0.5, 0.6) is 0 Å². The number of carbonyl (C=O) groups excluding carboxylic acids is 1. The lowest BCUT2D eigenvalue weighted by molar-refractivity contribution is 0.0991. The summed E-state index contributed by atoms with van der Waals surface area (Å²) in [6.45, 7) is -2.04. The van der Waals surface area contributed by atoms with Crippen LogP contribution >= 0.6 is 0 Å². The number of aryl methyl sites for hydroxylation is 1. The third-order valence-electron chi connectivity index (χ3n) is 1.49. The van der Waals surface area contributed by atoms with Gasteiger partial charge in [-0.1, -0.05) is 0 Å². The van der Waals surface area contributed by atoms with Crippen LogP contribution in [0, 0.1) is 0 Å². The SMILES string of the molecule is [2H]C([2H])([2H])n1nc(CN(C)C)cc1C(N)=O. The second-order valence-corrected chi connectivity index (χ2v) is 3.03. The Morgan fingerprint density at radius 1 is 1.85 bits per heavy atom.